The molecule has 2 aliphatic rings. The number of likely N-dealkylation sites (tertiary alicyclic amines) is 1. The normalized spacial score (nSPS) is 27.8. The second-order valence-corrected chi connectivity index (χ2v) is 6.48. The Morgan fingerprint density at radius 2 is 1.90 bits per heavy atom. The summed E-state index contributed by atoms with van der Waals surface area (Å²) < 4.78 is 6.50. The Labute approximate surface area is 130 Å². The van der Waals surface area contributed by atoms with E-state index >= 15 is 0 Å². The molecule has 0 N–H and O–H groups in total. The van der Waals surface area contributed by atoms with Crippen molar-refractivity contribution in [3.63, 3.8) is 0 Å². The highest BCUT2D eigenvalue weighted by molar-refractivity contribution is 6.31. The van der Waals surface area contributed by atoms with Gasteiger partial charge in [0.15, 0.2) is 0 Å². The second kappa shape index (κ2) is 4.75. The molecular weight excluding hydrogens is 282 g/mol. The van der Waals surface area contributed by atoms with E-state index in [0.29, 0.717) is 5.92 Å². The summed E-state index contributed by atoms with van der Waals surface area (Å²) in [6, 6.07) is 16.5. The minimum atomic E-state index is -0.311. The Hall–Kier alpha value is -1.51. The average molecular weight is 300 g/mol. The molecule has 0 bridgehead atoms. The monoisotopic (exact) mass is 299 g/mol. The van der Waals surface area contributed by atoms with E-state index in [-0.39, 0.29) is 5.60 Å². The molecule has 0 aliphatic carbocycles. The number of hydrogen-bond donors (Lipinski definition) is 0. The number of benzene rings is 2. The largest absolute Gasteiger partial charge is 0.481 e. The lowest BCUT2D eigenvalue weighted by Crippen LogP contribution is -2.47. The molecule has 2 aliphatic heterocycles. The SMILES string of the molecule is CN1CCC2(c3ccccc3Cl)Oc3ccccc3C2C1. The number of likely N-dealkylation sites (N-methyl/N-ethyl adjacent to an activating group) is 1. The lowest BCUT2D eigenvalue weighted by atomic mass is 9.74. The third-order valence-corrected chi connectivity index (χ3v) is 5.17. The van der Waals surface area contributed by atoms with E-state index in [9.17, 15) is 0 Å². The highest BCUT2D eigenvalue weighted by atomic mass is 35.5. The molecule has 0 amide bonds. The fourth-order valence-corrected chi connectivity index (χ4v) is 4.09. The number of nitrogens with zero attached hydrogens (tertiary/aromatic N) is 1. The second-order valence-electron chi connectivity index (χ2n) is 6.07. The van der Waals surface area contributed by atoms with Gasteiger partial charge in [-0.05, 0) is 19.2 Å². The van der Waals surface area contributed by atoms with Crippen molar-refractivity contribution in [2.75, 3.05) is 20.1 Å². The van der Waals surface area contributed by atoms with Crippen LogP contribution in [-0.4, -0.2) is 25.0 Å². The number of halogens is 1. The van der Waals surface area contributed by atoms with E-state index in [2.05, 4.69) is 42.3 Å². The highest BCUT2D eigenvalue weighted by Gasteiger charge is 2.52. The van der Waals surface area contributed by atoms with E-state index in [1.54, 1.807) is 0 Å². The summed E-state index contributed by atoms with van der Waals surface area (Å²) in [4.78, 5) is 2.38. The van der Waals surface area contributed by atoms with Crippen LogP contribution in [0.5, 0.6) is 5.75 Å². The highest BCUT2D eigenvalue weighted by Crippen LogP contribution is 2.55. The van der Waals surface area contributed by atoms with Crippen LogP contribution in [0.25, 0.3) is 0 Å². The predicted molar refractivity (Wildman–Crippen MR) is 85.1 cm³/mol. The maximum atomic E-state index is 6.50. The van der Waals surface area contributed by atoms with Gasteiger partial charge in [0.05, 0.1) is 0 Å². The number of hydrogen-bond acceptors (Lipinski definition) is 2. The molecule has 4 rings (SSSR count). The Morgan fingerprint density at radius 1 is 1.14 bits per heavy atom. The van der Waals surface area contributed by atoms with Gasteiger partial charge < -0.3 is 9.64 Å². The fourth-order valence-electron chi connectivity index (χ4n) is 3.79. The van der Waals surface area contributed by atoms with Gasteiger partial charge in [-0.3, -0.25) is 0 Å². The first-order valence-electron chi connectivity index (χ1n) is 7.42. The smallest absolute Gasteiger partial charge is 0.145 e. The first-order valence-corrected chi connectivity index (χ1v) is 7.80. The van der Waals surface area contributed by atoms with Crippen molar-refractivity contribution in [3.05, 3.63) is 64.7 Å². The summed E-state index contributed by atoms with van der Waals surface area (Å²) in [5, 5.41) is 0.805. The molecule has 0 radical (unpaired) electrons. The number of piperidine rings is 1. The van der Waals surface area contributed by atoms with Gasteiger partial charge in [-0.25, -0.2) is 0 Å². The Balaban J connectivity index is 1.89. The molecule has 0 spiro atoms. The van der Waals surface area contributed by atoms with Crippen LogP contribution in [0.15, 0.2) is 48.5 Å². The summed E-state index contributed by atoms with van der Waals surface area (Å²) in [5.74, 6) is 1.35. The summed E-state index contributed by atoms with van der Waals surface area (Å²) >= 11 is 6.50. The molecule has 2 unspecified atom stereocenters. The van der Waals surface area contributed by atoms with Crippen molar-refractivity contribution in [2.24, 2.45) is 0 Å². The zero-order valence-electron chi connectivity index (χ0n) is 12.1. The molecule has 0 saturated carbocycles. The maximum Gasteiger partial charge on any atom is 0.145 e. The first-order chi connectivity index (χ1) is 10.2. The minimum Gasteiger partial charge on any atom is -0.481 e. The molecule has 2 heterocycles. The summed E-state index contributed by atoms with van der Waals surface area (Å²) in [5.41, 5.74) is 2.12. The van der Waals surface area contributed by atoms with Gasteiger partial charge in [-0.15, -0.1) is 0 Å². The summed E-state index contributed by atoms with van der Waals surface area (Å²) in [6.45, 7) is 2.03. The van der Waals surface area contributed by atoms with Gasteiger partial charge in [-0.1, -0.05) is 48.0 Å². The van der Waals surface area contributed by atoms with E-state index in [1.807, 2.05) is 18.2 Å². The van der Waals surface area contributed by atoms with E-state index in [0.717, 1.165) is 35.8 Å². The Morgan fingerprint density at radius 3 is 2.76 bits per heavy atom. The summed E-state index contributed by atoms with van der Waals surface area (Å²) in [7, 11) is 2.18. The first kappa shape index (κ1) is 13.2. The molecule has 1 fully saturated rings. The molecule has 2 nitrogen and oxygen atoms in total. The van der Waals surface area contributed by atoms with Crippen LogP contribution in [0.2, 0.25) is 5.02 Å². The van der Waals surface area contributed by atoms with Crippen LogP contribution in [-0.2, 0) is 5.60 Å². The minimum absolute atomic E-state index is 0.311. The van der Waals surface area contributed by atoms with Crippen LogP contribution in [0, 0.1) is 0 Å². The van der Waals surface area contributed by atoms with Crippen LogP contribution in [0.3, 0.4) is 0 Å². The van der Waals surface area contributed by atoms with Crippen molar-refractivity contribution in [1.82, 2.24) is 4.90 Å². The zero-order chi connectivity index (χ0) is 14.4. The number of para-hydroxylation sites is 1. The van der Waals surface area contributed by atoms with Crippen molar-refractivity contribution < 1.29 is 4.74 Å². The van der Waals surface area contributed by atoms with Gasteiger partial charge in [0.25, 0.3) is 0 Å². The van der Waals surface area contributed by atoms with Crippen LogP contribution < -0.4 is 4.74 Å². The molecule has 3 heteroatoms. The average Bonchev–Trinajstić information content (AvgIpc) is 2.83. The van der Waals surface area contributed by atoms with Crippen LogP contribution in [0.4, 0.5) is 0 Å². The standard InChI is InChI=1S/C18H18ClNO/c1-20-11-10-18(14-7-3-4-8-16(14)19)15(12-20)13-6-2-5-9-17(13)21-18/h2-9,15H,10-12H2,1H3. The van der Waals surface area contributed by atoms with Crippen molar-refractivity contribution in [2.45, 2.75) is 17.9 Å². The molecule has 2 aromatic carbocycles. The lowest BCUT2D eigenvalue weighted by molar-refractivity contribution is 0.00711. The summed E-state index contributed by atoms with van der Waals surface area (Å²) in [6.07, 6.45) is 0.965. The quantitative estimate of drug-likeness (QED) is 0.788. The molecule has 108 valence electrons. The zero-order valence-corrected chi connectivity index (χ0v) is 12.8. The Bertz CT molecular complexity index is 686. The molecule has 2 atom stereocenters. The third kappa shape index (κ3) is 1.90. The molecule has 1 saturated heterocycles. The molecular formula is C18H18ClNO. The van der Waals surface area contributed by atoms with Crippen LogP contribution >= 0.6 is 11.6 Å². The maximum absolute atomic E-state index is 6.50. The van der Waals surface area contributed by atoms with Crippen molar-refractivity contribution in [3.8, 4) is 5.75 Å². The topological polar surface area (TPSA) is 12.5 Å². The Kier molecular flexibility index (Phi) is 2.98. The fraction of sp³-hybridized carbons (Fsp3) is 0.333. The number of rotatable bonds is 1. The van der Waals surface area contributed by atoms with E-state index in [4.69, 9.17) is 16.3 Å². The number of ether oxygens (including phenoxy) is 1. The van der Waals surface area contributed by atoms with Gasteiger partial charge in [0.2, 0.25) is 0 Å². The lowest BCUT2D eigenvalue weighted by Gasteiger charge is -2.42. The van der Waals surface area contributed by atoms with Gasteiger partial charge in [0.1, 0.15) is 11.4 Å². The third-order valence-electron chi connectivity index (χ3n) is 4.84. The van der Waals surface area contributed by atoms with E-state index in [1.165, 1.54) is 5.56 Å². The van der Waals surface area contributed by atoms with E-state index < -0.39 is 0 Å². The van der Waals surface area contributed by atoms with Crippen LogP contribution in [0.1, 0.15) is 23.5 Å². The number of fused-ring (bicyclic) bond motifs is 3. The van der Waals surface area contributed by atoms with Gasteiger partial charge in [-0.2, -0.15) is 0 Å². The van der Waals surface area contributed by atoms with Crippen molar-refractivity contribution in [1.29, 1.82) is 0 Å². The molecule has 0 aromatic heterocycles. The van der Waals surface area contributed by atoms with Gasteiger partial charge >= 0.3 is 0 Å². The van der Waals surface area contributed by atoms with Crippen molar-refractivity contribution >= 4 is 11.6 Å². The predicted octanol–water partition coefficient (Wildman–Crippen LogP) is 4.05. The molecule has 21 heavy (non-hydrogen) atoms. The molecule has 2 aromatic rings. The van der Waals surface area contributed by atoms with Gasteiger partial charge in [0, 0.05) is 41.6 Å².